The second-order valence-electron chi connectivity index (χ2n) is 4.17. The molecule has 0 aliphatic carbocycles. The highest BCUT2D eigenvalue weighted by Gasteiger charge is 2.13. The molecule has 0 radical (unpaired) electrons. The highest BCUT2D eigenvalue weighted by Crippen LogP contribution is 2.32. The predicted molar refractivity (Wildman–Crippen MR) is 82.5 cm³/mol. The molecule has 0 fully saturated rings. The SMILES string of the molecule is CCCn1c(C)nc(-c2ccc(Br)c(Br)c2)c1N. The van der Waals surface area contributed by atoms with Crippen molar-refractivity contribution in [2.75, 3.05) is 5.73 Å². The Balaban J connectivity index is 2.50. The van der Waals surface area contributed by atoms with Gasteiger partial charge < -0.3 is 10.3 Å². The summed E-state index contributed by atoms with van der Waals surface area (Å²) in [5.41, 5.74) is 8.07. The lowest BCUT2D eigenvalue weighted by atomic mass is 10.1. The van der Waals surface area contributed by atoms with Gasteiger partial charge in [-0.05, 0) is 57.3 Å². The summed E-state index contributed by atoms with van der Waals surface area (Å²) in [6.07, 6.45) is 1.05. The van der Waals surface area contributed by atoms with Crippen molar-refractivity contribution < 1.29 is 0 Å². The third-order valence-electron chi connectivity index (χ3n) is 2.84. The maximum atomic E-state index is 6.18. The van der Waals surface area contributed by atoms with Crippen LogP contribution in [-0.2, 0) is 6.54 Å². The number of aryl methyl sites for hydroxylation is 1. The molecule has 0 aliphatic heterocycles. The first kappa shape index (κ1) is 13.6. The summed E-state index contributed by atoms with van der Waals surface area (Å²) in [4.78, 5) is 4.57. The fourth-order valence-electron chi connectivity index (χ4n) is 1.94. The maximum absolute atomic E-state index is 6.18. The summed E-state index contributed by atoms with van der Waals surface area (Å²) in [5.74, 6) is 1.70. The maximum Gasteiger partial charge on any atom is 0.131 e. The molecule has 5 heteroatoms. The summed E-state index contributed by atoms with van der Waals surface area (Å²) < 4.78 is 4.09. The van der Waals surface area contributed by atoms with Gasteiger partial charge in [0.2, 0.25) is 0 Å². The Hall–Kier alpha value is -0.810. The Morgan fingerprint density at radius 1 is 1.28 bits per heavy atom. The zero-order chi connectivity index (χ0) is 13.3. The van der Waals surface area contributed by atoms with Gasteiger partial charge >= 0.3 is 0 Å². The number of nitrogens with two attached hydrogens (primary N) is 1. The van der Waals surface area contributed by atoms with Crippen molar-refractivity contribution in [2.45, 2.75) is 26.8 Å². The first-order chi connectivity index (χ1) is 8.54. The lowest BCUT2D eigenvalue weighted by molar-refractivity contribution is 0.665. The van der Waals surface area contributed by atoms with Crippen molar-refractivity contribution in [3.63, 3.8) is 0 Å². The summed E-state index contributed by atoms with van der Waals surface area (Å²) in [7, 11) is 0. The highest BCUT2D eigenvalue weighted by atomic mass is 79.9. The average molecular weight is 373 g/mol. The Labute approximate surface area is 124 Å². The summed E-state index contributed by atoms with van der Waals surface area (Å²) >= 11 is 6.96. The second kappa shape index (κ2) is 5.45. The molecule has 1 heterocycles. The highest BCUT2D eigenvalue weighted by molar-refractivity contribution is 9.13. The minimum Gasteiger partial charge on any atom is -0.383 e. The third-order valence-corrected chi connectivity index (χ3v) is 4.72. The molecule has 0 atom stereocenters. The number of nitrogen functional groups attached to an aromatic ring is 1. The van der Waals surface area contributed by atoms with Gasteiger partial charge in [-0.2, -0.15) is 0 Å². The van der Waals surface area contributed by atoms with E-state index in [9.17, 15) is 0 Å². The van der Waals surface area contributed by atoms with Gasteiger partial charge in [0.05, 0.1) is 0 Å². The Morgan fingerprint density at radius 3 is 2.61 bits per heavy atom. The van der Waals surface area contributed by atoms with Crippen LogP contribution < -0.4 is 5.73 Å². The molecule has 1 aromatic carbocycles. The summed E-state index contributed by atoms with van der Waals surface area (Å²) in [5, 5.41) is 0. The van der Waals surface area contributed by atoms with Crippen LogP contribution in [-0.4, -0.2) is 9.55 Å². The molecule has 0 aliphatic rings. The molecule has 0 amide bonds. The van der Waals surface area contributed by atoms with Crippen LogP contribution in [0.1, 0.15) is 19.2 Å². The number of aromatic nitrogens is 2. The first-order valence-electron chi connectivity index (χ1n) is 5.82. The molecule has 0 unspecified atom stereocenters. The number of halogens is 2. The predicted octanol–water partition coefficient (Wildman–Crippen LogP) is 4.38. The zero-order valence-electron chi connectivity index (χ0n) is 10.4. The van der Waals surface area contributed by atoms with Crippen molar-refractivity contribution in [3.05, 3.63) is 33.0 Å². The Kier molecular flexibility index (Phi) is 4.12. The average Bonchev–Trinajstić information content (AvgIpc) is 2.61. The van der Waals surface area contributed by atoms with Gasteiger partial charge in [0.1, 0.15) is 17.3 Å². The molecule has 3 nitrogen and oxygen atoms in total. The van der Waals surface area contributed by atoms with E-state index in [1.807, 2.05) is 25.1 Å². The van der Waals surface area contributed by atoms with Crippen LogP contribution in [0.25, 0.3) is 11.3 Å². The molecule has 0 bridgehead atoms. The van der Waals surface area contributed by atoms with E-state index in [2.05, 4.69) is 48.3 Å². The van der Waals surface area contributed by atoms with Crippen molar-refractivity contribution >= 4 is 37.7 Å². The van der Waals surface area contributed by atoms with E-state index in [0.717, 1.165) is 44.8 Å². The molecule has 2 aromatic rings. The lowest BCUT2D eigenvalue weighted by Gasteiger charge is -2.06. The van der Waals surface area contributed by atoms with Gasteiger partial charge in [-0.15, -0.1) is 0 Å². The van der Waals surface area contributed by atoms with E-state index in [0.29, 0.717) is 0 Å². The molecule has 0 saturated carbocycles. The number of rotatable bonds is 3. The smallest absolute Gasteiger partial charge is 0.131 e. The van der Waals surface area contributed by atoms with Crippen LogP contribution in [0.2, 0.25) is 0 Å². The van der Waals surface area contributed by atoms with Crippen LogP contribution in [0.4, 0.5) is 5.82 Å². The zero-order valence-corrected chi connectivity index (χ0v) is 13.5. The first-order valence-corrected chi connectivity index (χ1v) is 7.41. The van der Waals surface area contributed by atoms with Crippen LogP contribution in [0.5, 0.6) is 0 Å². The number of hydrogen-bond acceptors (Lipinski definition) is 2. The van der Waals surface area contributed by atoms with E-state index < -0.39 is 0 Å². The normalized spacial score (nSPS) is 10.9. The Bertz CT molecular complexity index is 576. The van der Waals surface area contributed by atoms with Gasteiger partial charge in [-0.1, -0.05) is 13.0 Å². The molecule has 0 saturated heterocycles. The number of benzene rings is 1. The standard InChI is InChI=1S/C13H15Br2N3/c1-3-6-18-8(2)17-12(13(18)16)9-4-5-10(14)11(15)7-9/h4-5,7H,3,6,16H2,1-2H3. The minimum atomic E-state index is 0.739. The molecular weight excluding hydrogens is 358 g/mol. The van der Waals surface area contributed by atoms with E-state index in [1.165, 1.54) is 0 Å². The van der Waals surface area contributed by atoms with Gasteiger partial charge in [-0.3, -0.25) is 0 Å². The van der Waals surface area contributed by atoms with E-state index in [1.54, 1.807) is 0 Å². The largest absolute Gasteiger partial charge is 0.383 e. The van der Waals surface area contributed by atoms with E-state index in [-0.39, 0.29) is 0 Å². The van der Waals surface area contributed by atoms with Gasteiger partial charge in [-0.25, -0.2) is 4.98 Å². The lowest BCUT2D eigenvalue weighted by Crippen LogP contribution is -2.04. The van der Waals surface area contributed by atoms with Crippen molar-refractivity contribution in [1.29, 1.82) is 0 Å². The van der Waals surface area contributed by atoms with Gasteiger partial charge in [0, 0.05) is 21.1 Å². The monoisotopic (exact) mass is 371 g/mol. The molecule has 2 N–H and O–H groups in total. The molecule has 0 spiro atoms. The van der Waals surface area contributed by atoms with Gasteiger partial charge in [0.25, 0.3) is 0 Å². The number of hydrogen-bond donors (Lipinski definition) is 1. The van der Waals surface area contributed by atoms with Crippen molar-refractivity contribution in [3.8, 4) is 11.3 Å². The fraction of sp³-hybridized carbons (Fsp3) is 0.308. The van der Waals surface area contributed by atoms with E-state index in [4.69, 9.17) is 5.73 Å². The second-order valence-corrected chi connectivity index (χ2v) is 5.88. The van der Waals surface area contributed by atoms with Crippen molar-refractivity contribution in [2.24, 2.45) is 0 Å². The summed E-state index contributed by atoms with van der Waals surface area (Å²) in [6.45, 7) is 5.03. The molecule has 18 heavy (non-hydrogen) atoms. The summed E-state index contributed by atoms with van der Waals surface area (Å²) in [6, 6.07) is 6.04. The number of imidazole rings is 1. The van der Waals surface area contributed by atoms with Crippen molar-refractivity contribution in [1.82, 2.24) is 9.55 Å². The molecule has 2 rings (SSSR count). The quantitative estimate of drug-likeness (QED) is 0.868. The Morgan fingerprint density at radius 2 is 2.00 bits per heavy atom. The molecule has 1 aromatic heterocycles. The molecular formula is C13H15Br2N3. The van der Waals surface area contributed by atoms with Crippen LogP contribution >= 0.6 is 31.9 Å². The van der Waals surface area contributed by atoms with Crippen LogP contribution in [0, 0.1) is 6.92 Å². The molecule has 96 valence electrons. The van der Waals surface area contributed by atoms with E-state index >= 15 is 0 Å². The van der Waals surface area contributed by atoms with Gasteiger partial charge in [0.15, 0.2) is 0 Å². The van der Waals surface area contributed by atoms with Crippen LogP contribution in [0.3, 0.4) is 0 Å². The van der Waals surface area contributed by atoms with Crippen LogP contribution in [0.15, 0.2) is 27.1 Å². The minimum absolute atomic E-state index is 0.739. The topological polar surface area (TPSA) is 43.8 Å². The third kappa shape index (κ3) is 2.47. The fourth-order valence-corrected chi connectivity index (χ4v) is 2.57. The number of anilines is 1. The number of nitrogens with zero attached hydrogens (tertiary/aromatic N) is 2.